The topological polar surface area (TPSA) is 68.0 Å². The van der Waals surface area contributed by atoms with E-state index in [9.17, 15) is 4.79 Å². The zero-order valence-electron chi connectivity index (χ0n) is 8.79. The van der Waals surface area contributed by atoms with Crippen molar-refractivity contribution in [3.63, 3.8) is 0 Å². The van der Waals surface area contributed by atoms with Gasteiger partial charge in [0.1, 0.15) is 0 Å². The lowest BCUT2D eigenvalue weighted by Gasteiger charge is -2.01. The Morgan fingerprint density at radius 2 is 2.31 bits per heavy atom. The number of hydrogen-bond acceptors (Lipinski definition) is 3. The van der Waals surface area contributed by atoms with E-state index in [1.54, 1.807) is 23.3 Å². The summed E-state index contributed by atoms with van der Waals surface area (Å²) in [5.74, 6) is -1.01. The molecule has 16 heavy (non-hydrogen) atoms. The minimum Gasteiger partial charge on any atom is -0.476 e. The molecule has 0 amide bonds. The molecule has 0 saturated heterocycles. The zero-order chi connectivity index (χ0) is 11.5. The van der Waals surface area contributed by atoms with Crippen molar-refractivity contribution in [2.75, 3.05) is 0 Å². The van der Waals surface area contributed by atoms with Crippen LogP contribution in [0.15, 0.2) is 30.7 Å². The summed E-state index contributed by atoms with van der Waals surface area (Å²) in [7, 11) is 0. The number of pyridine rings is 1. The molecule has 0 aliphatic carbocycles. The van der Waals surface area contributed by atoms with E-state index in [4.69, 9.17) is 5.11 Å². The van der Waals surface area contributed by atoms with Gasteiger partial charge in [-0.15, -0.1) is 0 Å². The van der Waals surface area contributed by atoms with Crippen molar-refractivity contribution in [1.82, 2.24) is 14.8 Å². The second kappa shape index (κ2) is 4.14. The van der Waals surface area contributed by atoms with E-state index in [1.807, 2.05) is 13.0 Å². The zero-order valence-corrected chi connectivity index (χ0v) is 8.79. The van der Waals surface area contributed by atoms with Crippen molar-refractivity contribution in [2.24, 2.45) is 0 Å². The Labute approximate surface area is 92.4 Å². The number of carbonyl (C=O) groups is 1. The Morgan fingerprint density at radius 1 is 1.50 bits per heavy atom. The quantitative estimate of drug-likeness (QED) is 0.842. The Kier molecular flexibility index (Phi) is 2.68. The summed E-state index contributed by atoms with van der Waals surface area (Å²) in [5.41, 5.74) is 2.13. The van der Waals surface area contributed by atoms with Gasteiger partial charge in [-0.2, -0.15) is 5.10 Å². The predicted molar refractivity (Wildman–Crippen MR) is 57.3 cm³/mol. The molecule has 0 bridgehead atoms. The van der Waals surface area contributed by atoms with Crippen LogP contribution in [0.1, 0.15) is 21.6 Å². The molecule has 2 heterocycles. The van der Waals surface area contributed by atoms with Crippen molar-refractivity contribution in [2.45, 2.75) is 13.5 Å². The lowest BCUT2D eigenvalue weighted by molar-refractivity contribution is 0.0689. The van der Waals surface area contributed by atoms with E-state index in [2.05, 4.69) is 10.1 Å². The highest BCUT2D eigenvalue weighted by molar-refractivity contribution is 5.85. The van der Waals surface area contributed by atoms with Crippen LogP contribution in [0.25, 0.3) is 0 Å². The molecule has 2 aromatic rings. The van der Waals surface area contributed by atoms with E-state index in [0.29, 0.717) is 6.54 Å². The highest BCUT2D eigenvalue weighted by Gasteiger charge is 2.06. The highest BCUT2D eigenvalue weighted by atomic mass is 16.4. The number of aromatic nitrogens is 3. The number of carboxylic acids is 1. The molecule has 0 atom stereocenters. The monoisotopic (exact) mass is 217 g/mol. The SMILES string of the molecule is Cc1cncc(Cn2ccc(C(=O)O)n2)c1. The van der Waals surface area contributed by atoms with Gasteiger partial charge >= 0.3 is 5.97 Å². The maximum atomic E-state index is 10.6. The third-order valence-electron chi connectivity index (χ3n) is 2.14. The van der Waals surface area contributed by atoms with Gasteiger partial charge in [-0.25, -0.2) is 4.79 Å². The van der Waals surface area contributed by atoms with Gasteiger partial charge in [-0.05, 0) is 24.1 Å². The first-order valence-electron chi connectivity index (χ1n) is 4.82. The molecule has 1 N–H and O–H groups in total. The molecular weight excluding hydrogens is 206 g/mol. The second-order valence-electron chi connectivity index (χ2n) is 3.57. The smallest absolute Gasteiger partial charge is 0.356 e. The van der Waals surface area contributed by atoms with Crippen molar-refractivity contribution >= 4 is 5.97 Å². The fraction of sp³-hybridized carbons (Fsp3) is 0.182. The molecule has 5 nitrogen and oxygen atoms in total. The minimum absolute atomic E-state index is 0.0561. The maximum Gasteiger partial charge on any atom is 0.356 e. The molecule has 0 fully saturated rings. The van der Waals surface area contributed by atoms with E-state index in [-0.39, 0.29) is 5.69 Å². The van der Waals surface area contributed by atoms with Crippen LogP contribution in [0.4, 0.5) is 0 Å². The van der Waals surface area contributed by atoms with Crippen LogP contribution in [0.2, 0.25) is 0 Å². The lowest BCUT2D eigenvalue weighted by Crippen LogP contribution is -2.04. The van der Waals surface area contributed by atoms with Crippen molar-refractivity contribution in [3.05, 3.63) is 47.5 Å². The van der Waals surface area contributed by atoms with Gasteiger partial charge in [0, 0.05) is 18.6 Å². The summed E-state index contributed by atoms with van der Waals surface area (Å²) >= 11 is 0. The molecule has 0 spiro atoms. The van der Waals surface area contributed by atoms with Crippen LogP contribution in [-0.2, 0) is 6.54 Å². The van der Waals surface area contributed by atoms with E-state index < -0.39 is 5.97 Å². The molecule has 0 radical (unpaired) electrons. The lowest BCUT2D eigenvalue weighted by atomic mass is 10.2. The molecule has 0 unspecified atom stereocenters. The van der Waals surface area contributed by atoms with E-state index in [0.717, 1.165) is 11.1 Å². The normalized spacial score (nSPS) is 10.3. The first-order valence-corrected chi connectivity index (χ1v) is 4.82. The number of nitrogens with zero attached hydrogens (tertiary/aromatic N) is 3. The Bertz CT molecular complexity index is 519. The Balaban J connectivity index is 2.17. The molecule has 82 valence electrons. The van der Waals surface area contributed by atoms with Gasteiger partial charge in [-0.1, -0.05) is 6.07 Å². The van der Waals surface area contributed by atoms with Gasteiger partial charge < -0.3 is 5.11 Å². The Morgan fingerprint density at radius 3 is 2.94 bits per heavy atom. The molecule has 0 aromatic carbocycles. The molecule has 0 saturated carbocycles. The first-order chi connectivity index (χ1) is 7.65. The van der Waals surface area contributed by atoms with E-state index >= 15 is 0 Å². The van der Waals surface area contributed by atoms with E-state index in [1.165, 1.54) is 6.07 Å². The van der Waals surface area contributed by atoms with Crippen LogP contribution in [0.5, 0.6) is 0 Å². The summed E-state index contributed by atoms with van der Waals surface area (Å²) < 4.78 is 1.58. The summed E-state index contributed by atoms with van der Waals surface area (Å²) in [5, 5.41) is 12.6. The number of aromatic carboxylic acids is 1. The summed E-state index contributed by atoms with van der Waals surface area (Å²) in [6.07, 6.45) is 5.16. The fourth-order valence-corrected chi connectivity index (χ4v) is 1.45. The van der Waals surface area contributed by atoms with Crippen LogP contribution in [0, 0.1) is 6.92 Å². The fourth-order valence-electron chi connectivity index (χ4n) is 1.45. The van der Waals surface area contributed by atoms with Crippen LogP contribution < -0.4 is 0 Å². The average molecular weight is 217 g/mol. The van der Waals surface area contributed by atoms with Crippen molar-refractivity contribution < 1.29 is 9.90 Å². The number of hydrogen-bond donors (Lipinski definition) is 1. The standard InChI is InChI=1S/C11H11N3O2/c1-8-4-9(6-12-5-8)7-14-3-2-10(13-14)11(15)16/h2-6H,7H2,1H3,(H,15,16). The summed E-state index contributed by atoms with van der Waals surface area (Å²) in [6.45, 7) is 2.49. The van der Waals surface area contributed by atoms with Crippen molar-refractivity contribution in [3.8, 4) is 0 Å². The van der Waals surface area contributed by atoms with Crippen molar-refractivity contribution in [1.29, 1.82) is 0 Å². The largest absolute Gasteiger partial charge is 0.476 e. The van der Waals surface area contributed by atoms with Gasteiger partial charge in [0.2, 0.25) is 0 Å². The molecular formula is C11H11N3O2. The molecule has 5 heteroatoms. The molecule has 2 rings (SSSR count). The van der Waals surface area contributed by atoms with Crippen LogP contribution in [-0.4, -0.2) is 25.8 Å². The maximum absolute atomic E-state index is 10.6. The summed E-state index contributed by atoms with van der Waals surface area (Å²) in [4.78, 5) is 14.7. The van der Waals surface area contributed by atoms with Gasteiger partial charge in [0.05, 0.1) is 6.54 Å². The third kappa shape index (κ3) is 2.25. The molecule has 2 aromatic heterocycles. The third-order valence-corrected chi connectivity index (χ3v) is 2.14. The summed E-state index contributed by atoms with van der Waals surface area (Å²) in [6, 6.07) is 3.47. The van der Waals surface area contributed by atoms with Crippen LogP contribution >= 0.6 is 0 Å². The molecule has 0 aliphatic rings. The van der Waals surface area contributed by atoms with Crippen LogP contribution in [0.3, 0.4) is 0 Å². The average Bonchev–Trinajstić information content (AvgIpc) is 2.66. The Hall–Kier alpha value is -2.17. The highest BCUT2D eigenvalue weighted by Crippen LogP contribution is 2.04. The molecule has 0 aliphatic heterocycles. The first kappa shape index (κ1) is 10.4. The minimum atomic E-state index is -1.01. The predicted octanol–water partition coefficient (Wildman–Crippen LogP) is 1.33. The number of carboxylic acid groups (broad SMARTS) is 1. The number of rotatable bonds is 3. The number of aryl methyl sites for hydroxylation is 1. The van der Waals surface area contributed by atoms with Gasteiger partial charge in [0.25, 0.3) is 0 Å². The second-order valence-corrected chi connectivity index (χ2v) is 3.57. The van der Waals surface area contributed by atoms with Gasteiger partial charge in [-0.3, -0.25) is 9.67 Å². The van der Waals surface area contributed by atoms with Gasteiger partial charge in [0.15, 0.2) is 5.69 Å².